The minimum Gasteiger partial charge on any atom is -0.466 e. The molecule has 2 fully saturated rings. The number of fused-ring (bicyclic) bond motifs is 1. The molecule has 2 atom stereocenters. The van der Waals surface area contributed by atoms with E-state index in [1.807, 2.05) is 19.2 Å². The van der Waals surface area contributed by atoms with Gasteiger partial charge in [0.15, 0.2) is 0 Å². The smallest absolute Gasteiger partial charge is 0.307 e. The molecule has 0 radical (unpaired) electrons. The number of allylic oxidation sites excluding steroid dienone is 2. The summed E-state index contributed by atoms with van der Waals surface area (Å²) in [5, 5.41) is 8.34. The van der Waals surface area contributed by atoms with E-state index in [1.165, 1.54) is 31.7 Å². The highest BCUT2D eigenvalue weighted by molar-refractivity contribution is 5.89. The Morgan fingerprint density at radius 3 is 2.41 bits per heavy atom. The summed E-state index contributed by atoms with van der Waals surface area (Å²) in [5.74, 6) is -0.454. The zero-order valence-electron chi connectivity index (χ0n) is 23.4. The fourth-order valence-corrected chi connectivity index (χ4v) is 6.78. The number of anilines is 1. The van der Waals surface area contributed by atoms with Crippen LogP contribution in [0.25, 0.3) is 10.8 Å². The molecular weight excluding hydrogens is 493 g/mol. The molecule has 1 aromatic carbocycles. The number of hydrogen-bond acceptors (Lipinski definition) is 5. The van der Waals surface area contributed by atoms with Crippen LogP contribution in [-0.2, 0) is 16.1 Å². The number of ether oxygens (including phenoxy) is 1. The summed E-state index contributed by atoms with van der Waals surface area (Å²) >= 11 is 0. The normalized spacial score (nSPS) is 21.3. The van der Waals surface area contributed by atoms with Crippen molar-refractivity contribution in [3.63, 3.8) is 0 Å². The fraction of sp³-hybridized carbons (Fsp3) is 0.625. The summed E-state index contributed by atoms with van der Waals surface area (Å²) in [6.45, 7) is 2.49. The van der Waals surface area contributed by atoms with Gasteiger partial charge in [0.2, 0.25) is 0 Å². The largest absolute Gasteiger partial charge is 0.466 e. The van der Waals surface area contributed by atoms with Crippen molar-refractivity contribution in [2.24, 2.45) is 0 Å². The first kappa shape index (κ1) is 27.9. The van der Waals surface area contributed by atoms with Gasteiger partial charge in [-0.25, -0.2) is 4.39 Å². The number of carbonyl (C=O) groups is 1. The lowest BCUT2D eigenvalue weighted by Crippen LogP contribution is -2.44. The van der Waals surface area contributed by atoms with Gasteiger partial charge >= 0.3 is 5.97 Å². The van der Waals surface area contributed by atoms with E-state index in [9.17, 15) is 9.59 Å². The molecule has 0 aliphatic heterocycles. The maximum Gasteiger partial charge on any atom is 0.307 e. The Bertz CT molecular complexity index is 1230. The van der Waals surface area contributed by atoms with Crippen LogP contribution in [0.5, 0.6) is 0 Å². The standard InChI is InChI=1S/C32H44FN3O3/c1-2-39-31(37)17-25(34-23-13-5-3-6-14-23)20-36-21-28(22-11-9-10-12-22)26-19-30(29(33)18-27(26)32(36)38)35-24-15-7-4-8-16-24/h9,11,18-19,21-25,34-35H,2-8,10,12-17,20H2,1H3. The number of pyridine rings is 1. The van der Waals surface area contributed by atoms with Gasteiger partial charge in [-0.15, -0.1) is 0 Å². The Kier molecular flexibility index (Phi) is 9.38. The topological polar surface area (TPSA) is 72.4 Å². The lowest BCUT2D eigenvalue weighted by atomic mass is 9.93. The van der Waals surface area contributed by atoms with Crippen molar-refractivity contribution in [2.45, 2.75) is 121 Å². The van der Waals surface area contributed by atoms with Crippen LogP contribution in [0.15, 0.2) is 35.3 Å². The molecule has 5 rings (SSSR count). The Morgan fingerprint density at radius 1 is 1.03 bits per heavy atom. The second-order valence-electron chi connectivity index (χ2n) is 11.7. The molecule has 3 aliphatic carbocycles. The average Bonchev–Trinajstić information content (AvgIpc) is 3.47. The number of rotatable bonds is 10. The summed E-state index contributed by atoms with van der Waals surface area (Å²) in [6, 6.07) is 3.67. The van der Waals surface area contributed by atoms with Gasteiger partial charge in [0.25, 0.3) is 5.56 Å². The molecule has 1 heterocycles. The quantitative estimate of drug-likeness (QED) is 0.265. The van der Waals surface area contributed by atoms with Crippen LogP contribution in [0.3, 0.4) is 0 Å². The zero-order chi connectivity index (χ0) is 27.2. The summed E-state index contributed by atoms with van der Waals surface area (Å²) in [7, 11) is 0. The van der Waals surface area contributed by atoms with E-state index in [2.05, 4.69) is 22.8 Å². The Morgan fingerprint density at radius 2 is 1.74 bits per heavy atom. The fourth-order valence-electron chi connectivity index (χ4n) is 6.78. The molecule has 2 unspecified atom stereocenters. The molecule has 7 heteroatoms. The summed E-state index contributed by atoms with van der Waals surface area (Å²) < 4.78 is 22.4. The third-order valence-electron chi connectivity index (χ3n) is 8.79. The van der Waals surface area contributed by atoms with Crippen molar-refractivity contribution in [2.75, 3.05) is 11.9 Å². The van der Waals surface area contributed by atoms with Gasteiger partial charge in [-0.3, -0.25) is 9.59 Å². The lowest BCUT2D eigenvalue weighted by Gasteiger charge is -2.29. The van der Waals surface area contributed by atoms with E-state index in [0.29, 0.717) is 30.3 Å². The minimum atomic E-state index is -0.376. The molecule has 0 spiro atoms. The highest BCUT2D eigenvalue weighted by Gasteiger charge is 2.25. The number of hydrogen-bond donors (Lipinski definition) is 2. The maximum atomic E-state index is 15.4. The van der Waals surface area contributed by atoms with Crippen LogP contribution >= 0.6 is 0 Å². The van der Waals surface area contributed by atoms with Crippen LogP contribution in [0.4, 0.5) is 10.1 Å². The number of nitrogens with one attached hydrogen (secondary N) is 2. The van der Waals surface area contributed by atoms with Gasteiger partial charge < -0.3 is 19.9 Å². The molecule has 6 nitrogen and oxygen atoms in total. The predicted molar refractivity (Wildman–Crippen MR) is 155 cm³/mol. The van der Waals surface area contributed by atoms with Crippen molar-refractivity contribution in [3.8, 4) is 0 Å². The van der Waals surface area contributed by atoms with Crippen LogP contribution in [0, 0.1) is 5.82 Å². The Labute approximate surface area is 231 Å². The van der Waals surface area contributed by atoms with E-state index in [1.54, 1.807) is 4.57 Å². The Hall–Kier alpha value is -2.67. The maximum absolute atomic E-state index is 15.4. The number of nitrogens with zero attached hydrogens (tertiary/aromatic N) is 1. The molecule has 1 aromatic heterocycles. The zero-order valence-corrected chi connectivity index (χ0v) is 23.4. The predicted octanol–water partition coefficient (Wildman–Crippen LogP) is 6.56. The molecule has 3 aliphatic rings. The van der Waals surface area contributed by atoms with E-state index in [-0.39, 0.29) is 41.8 Å². The molecule has 2 aromatic rings. The number of halogens is 1. The molecule has 39 heavy (non-hydrogen) atoms. The SMILES string of the molecule is CCOC(=O)CC(Cn1cc(C2C=CCC2)c2cc(NC3CCCCC3)c(F)cc2c1=O)NC1CCCCC1. The first-order valence-electron chi connectivity index (χ1n) is 15.2. The summed E-state index contributed by atoms with van der Waals surface area (Å²) in [6.07, 6.45) is 19.9. The van der Waals surface area contributed by atoms with Crippen LogP contribution in [0.1, 0.15) is 102 Å². The van der Waals surface area contributed by atoms with E-state index >= 15 is 4.39 Å². The van der Waals surface area contributed by atoms with Gasteiger partial charge in [0.05, 0.1) is 24.1 Å². The van der Waals surface area contributed by atoms with Crippen molar-refractivity contribution in [3.05, 3.63) is 52.2 Å². The number of esters is 1. The number of carbonyl (C=O) groups excluding carboxylic acids is 1. The molecular formula is C32H44FN3O3. The number of aromatic nitrogens is 1. The third kappa shape index (κ3) is 6.92. The second kappa shape index (κ2) is 13.1. The molecule has 0 bridgehead atoms. The summed E-state index contributed by atoms with van der Waals surface area (Å²) in [4.78, 5) is 26.3. The van der Waals surface area contributed by atoms with Crippen LogP contribution < -0.4 is 16.2 Å². The van der Waals surface area contributed by atoms with Crippen LogP contribution in [-0.4, -0.2) is 35.3 Å². The molecule has 0 saturated heterocycles. The molecule has 0 amide bonds. The van der Waals surface area contributed by atoms with Gasteiger partial charge in [0, 0.05) is 36.8 Å². The Balaban J connectivity index is 1.49. The van der Waals surface area contributed by atoms with Crippen molar-refractivity contribution in [1.82, 2.24) is 9.88 Å². The monoisotopic (exact) mass is 537 g/mol. The van der Waals surface area contributed by atoms with Gasteiger partial charge in [-0.1, -0.05) is 50.7 Å². The average molecular weight is 538 g/mol. The first-order valence-corrected chi connectivity index (χ1v) is 15.2. The molecule has 2 saturated carbocycles. The lowest BCUT2D eigenvalue weighted by molar-refractivity contribution is -0.143. The minimum absolute atomic E-state index is 0.183. The van der Waals surface area contributed by atoms with Gasteiger partial charge in [-0.2, -0.15) is 0 Å². The van der Waals surface area contributed by atoms with Gasteiger partial charge in [0.1, 0.15) is 5.82 Å². The highest BCUT2D eigenvalue weighted by atomic mass is 19.1. The van der Waals surface area contributed by atoms with Gasteiger partial charge in [-0.05, 0) is 68.5 Å². The third-order valence-corrected chi connectivity index (χ3v) is 8.79. The first-order chi connectivity index (χ1) is 19.0. The van der Waals surface area contributed by atoms with E-state index in [0.717, 1.165) is 62.3 Å². The second-order valence-corrected chi connectivity index (χ2v) is 11.7. The highest BCUT2D eigenvalue weighted by Crippen LogP contribution is 2.35. The van der Waals surface area contributed by atoms with E-state index < -0.39 is 0 Å². The van der Waals surface area contributed by atoms with Crippen LogP contribution in [0.2, 0.25) is 0 Å². The van der Waals surface area contributed by atoms with E-state index in [4.69, 9.17) is 4.74 Å². The van der Waals surface area contributed by atoms with Crippen molar-refractivity contribution in [1.29, 1.82) is 0 Å². The summed E-state index contributed by atoms with van der Waals surface area (Å²) in [5.41, 5.74) is 1.34. The van der Waals surface area contributed by atoms with Crippen molar-refractivity contribution < 1.29 is 13.9 Å². The van der Waals surface area contributed by atoms with Crippen molar-refractivity contribution >= 4 is 22.4 Å². The molecule has 2 N–H and O–H groups in total. The number of benzene rings is 1. The molecule has 212 valence electrons.